The summed E-state index contributed by atoms with van der Waals surface area (Å²) < 4.78 is 0. The topological polar surface area (TPSA) is 40.5 Å². The maximum atomic E-state index is 11.2. The lowest BCUT2D eigenvalue weighted by Crippen LogP contribution is -2.55. The van der Waals surface area contributed by atoms with E-state index < -0.39 is 5.97 Å². The second-order valence-corrected chi connectivity index (χ2v) is 5.39. The molecule has 1 heterocycles. The van der Waals surface area contributed by atoms with E-state index in [1.165, 1.54) is 25.7 Å². The van der Waals surface area contributed by atoms with Crippen LogP contribution in [-0.4, -0.2) is 24.2 Å². The SMILES string of the molecule is O=C(O)c1ccccc1N1CC2(CCCC2)C1. The lowest BCUT2D eigenvalue weighted by atomic mass is 9.78. The second-order valence-electron chi connectivity index (χ2n) is 5.39. The molecule has 1 saturated heterocycles. The zero-order chi connectivity index (χ0) is 11.9. The summed E-state index contributed by atoms with van der Waals surface area (Å²) in [7, 11) is 0. The van der Waals surface area contributed by atoms with Gasteiger partial charge in [-0.15, -0.1) is 0 Å². The number of hydrogen-bond acceptors (Lipinski definition) is 2. The molecule has 3 heteroatoms. The van der Waals surface area contributed by atoms with Gasteiger partial charge in [-0.05, 0) is 25.0 Å². The molecule has 0 amide bonds. The summed E-state index contributed by atoms with van der Waals surface area (Å²) in [4.78, 5) is 13.4. The number of aromatic carboxylic acids is 1. The fraction of sp³-hybridized carbons (Fsp3) is 0.500. The van der Waals surface area contributed by atoms with E-state index in [2.05, 4.69) is 4.90 Å². The van der Waals surface area contributed by atoms with Crippen LogP contribution in [0.25, 0.3) is 0 Å². The molecular weight excluding hydrogens is 214 g/mol. The molecule has 0 radical (unpaired) electrons. The van der Waals surface area contributed by atoms with E-state index >= 15 is 0 Å². The monoisotopic (exact) mass is 231 g/mol. The summed E-state index contributed by atoms with van der Waals surface area (Å²) in [6, 6.07) is 7.32. The van der Waals surface area contributed by atoms with Crippen LogP contribution in [0.5, 0.6) is 0 Å². The third-order valence-electron chi connectivity index (χ3n) is 4.19. The van der Waals surface area contributed by atoms with Gasteiger partial charge in [-0.2, -0.15) is 0 Å². The number of nitrogens with zero attached hydrogens (tertiary/aromatic N) is 1. The van der Waals surface area contributed by atoms with Gasteiger partial charge < -0.3 is 10.0 Å². The number of carbonyl (C=O) groups is 1. The average Bonchev–Trinajstić information content (AvgIpc) is 2.76. The van der Waals surface area contributed by atoms with E-state index in [-0.39, 0.29) is 0 Å². The molecule has 1 aliphatic carbocycles. The molecule has 0 aromatic heterocycles. The fourth-order valence-corrected chi connectivity index (χ4v) is 3.31. The van der Waals surface area contributed by atoms with E-state index in [1.807, 2.05) is 12.1 Å². The van der Waals surface area contributed by atoms with Crippen molar-refractivity contribution in [3.8, 4) is 0 Å². The highest BCUT2D eigenvalue weighted by Crippen LogP contribution is 2.47. The third kappa shape index (κ3) is 1.70. The van der Waals surface area contributed by atoms with Gasteiger partial charge in [-0.25, -0.2) is 4.79 Å². The quantitative estimate of drug-likeness (QED) is 0.850. The molecule has 0 unspecified atom stereocenters. The first-order chi connectivity index (χ1) is 8.20. The highest BCUT2D eigenvalue weighted by Gasteiger charge is 2.45. The zero-order valence-electron chi connectivity index (χ0n) is 9.85. The van der Waals surface area contributed by atoms with E-state index in [4.69, 9.17) is 5.11 Å². The Morgan fingerprint density at radius 3 is 2.47 bits per heavy atom. The molecule has 2 aliphatic rings. The maximum Gasteiger partial charge on any atom is 0.337 e. The van der Waals surface area contributed by atoms with Gasteiger partial charge >= 0.3 is 5.97 Å². The normalized spacial score (nSPS) is 21.5. The number of rotatable bonds is 2. The first-order valence-corrected chi connectivity index (χ1v) is 6.28. The Morgan fingerprint density at radius 2 is 1.82 bits per heavy atom. The van der Waals surface area contributed by atoms with Gasteiger partial charge in [0.25, 0.3) is 0 Å². The van der Waals surface area contributed by atoms with Crippen LogP contribution in [0.15, 0.2) is 24.3 Å². The van der Waals surface area contributed by atoms with Gasteiger partial charge in [0.2, 0.25) is 0 Å². The first kappa shape index (κ1) is 10.6. The van der Waals surface area contributed by atoms with Gasteiger partial charge in [0, 0.05) is 18.5 Å². The summed E-state index contributed by atoms with van der Waals surface area (Å²) in [6.45, 7) is 2.08. The lowest BCUT2D eigenvalue weighted by Gasteiger charge is -2.50. The number of carboxylic acid groups (broad SMARTS) is 1. The molecule has 90 valence electrons. The van der Waals surface area contributed by atoms with Crippen molar-refractivity contribution >= 4 is 11.7 Å². The minimum absolute atomic E-state index is 0.431. The molecule has 1 spiro atoms. The predicted molar refractivity (Wildman–Crippen MR) is 66.5 cm³/mol. The predicted octanol–water partition coefficient (Wildman–Crippen LogP) is 2.77. The van der Waals surface area contributed by atoms with Crippen LogP contribution < -0.4 is 4.90 Å². The van der Waals surface area contributed by atoms with Crippen LogP contribution in [0.4, 0.5) is 5.69 Å². The molecule has 2 fully saturated rings. The van der Waals surface area contributed by atoms with Crippen LogP contribution in [0.2, 0.25) is 0 Å². The van der Waals surface area contributed by atoms with Crippen LogP contribution in [0.1, 0.15) is 36.0 Å². The summed E-state index contributed by atoms with van der Waals surface area (Å²) >= 11 is 0. The zero-order valence-corrected chi connectivity index (χ0v) is 9.85. The molecule has 1 aliphatic heterocycles. The smallest absolute Gasteiger partial charge is 0.337 e. The molecular formula is C14H17NO2. The van der Waals surface area contributed by atoms with Crippen LogP contribution in [0, 0.1) is 5.41 Å². The van der Waals surface area contributed by atoms with E-state index in [0.29, 0.717) is 11.0 Å². The number of carboxylic acids is 1. The van der Waals surface area contributed by atoms with Crippen molar-refractivity contribution in [2.24, 2.45) is 5.41 Å². The number of benzene rings is 1. The Morgan fingerprint density at radius 1 is 1.18 bits per heavy atom. The standard InChI is InChI=1S/C14H17NO2/c16-13(17)11-5-1-2-6-12(11)15-9-14(10-15)7-3-4-8-14/h1-2,5-6H,3-4,7-10H2,(H,16,17). The van der Waals surface area contributed by atoms with Crippen molar-refractivity contribution in [2.75, 3.05) is 18.0 Å². The van der Waals surface area contributed by atoms with Crippen molar-refractivity contribution in [1.82, 2.24) is 0 Å². The Bertz CT molecular complexity index is 441. The molecule has 1 saturated carbocycles. The largest absolute Gasteiger partial charge is 0.478 e. The second kappa shape index (κ2) is 3.76. The highest BCUT2D eigenvalue weighted by molar-refractivity contribution is 5.94. The van der Waals surface area contributed by atoms with Crippen molar-refractivity contribution in [2.45, 2.75) is 25.7 Å². The van der Waals surface area contributed by atoms with Crippen LogP contribution in [-0.2, 0) is 0 Å². The minimum atomic E-state index is -0.826. The Labute approximate surface area is 101 Å². The van der Waals surface area contributed by atoms with Gasteiger partial charge in [0.1, 0.15) is 0 Å². The average molecular weight is 231 g/mol. The summed E-state index contributed by atoms with van der Waals surface area (Å²) in [5, 5.41) is 9.16. The first-order valence-electron chi connectivity index (χ1n) is 6.28. The van der Waals surface area contributed by atoms with Gasteiger partial charge in [-0.3, -0.25) is 0 Å². The number of para-hydroxylation sites is 1. The summed E-state index contributed by atoms with van der Waals surface area (Å²) in [6.07, 6.45) is 5.32. The molecule has 0 atom stereocenters. The molecule has 3 rings (SSSR count). The Balaban J connectivity index is 1.80. The van der Waals surface area contributed by atoms with Crippen molar-refractivity contribution in [3.05, 3.63) is 29.8 Å². The molecule has 1 aromatic carbocycles. The van der Waals surface area contributed by atoms with Crippen molar-refractivity contribution < 1.29 is 9.90 Å². The van der Waals surface area contributed by atoms with Crippen molar-refractivity contribution in [1.29, 1.82) is 0 Å². The van der Waals surface area contributed by atoms with Gasteiger partial charge in [-0.1, -0.05) is 25.0 Å². The number of anilines is 1. The maximum absolute atomic E-state index is 11.2. The third-order valence-corrected chi connectivity index (χ3v) is 4.19. The van der Waals surface area contributed by atoms with Crippen LogP contribution in [0.3, 0.4) is 0 Å². The van der Waals surface area contributed by atoms with Crippen molar-refractivity contribution in [3.63, 3.8) is 0 Å². The fourth-order valence-electron chi connectivity index (χ4n) is 3.31. The highest BCUT2D eigenvalue weighted by atomic mass is 16.4. The van der Waals surface area contributed by atoms with Crippen LogP contribution >= 0.6 is 0 Å². The van der Waals surface area contributed by atoms with Gasteiger partial charge in [0.15, 0.2) is 0 Å². The van der Waals surface area contributed by atoms with E-state index in [0.717, 1.165) is 18.8 Å². The molecule has 1 N–H and O–H groups in total. The minimum Gasteiger partial charge on any atom is -0.478 e. The summed E-state index contributed by atoms with van der Waals surface area (Å²) in [5.74, 6) is -0.826. The van der Waals surface area contributed by atoms with Gasteiger partial charge in [0.05, 0.1) is 11.3 Å². The molecule has 1 aromatic rings. The Hall–Kier alpha value is -1.51. The molecule has 0 bridgehead atoms. The number of hydrogen-bond donors (Lipinski definition) is 1. The summed E-state index contributed by atoms with van der Waals surface area (Å²) in [5.41, 5.74) is 1.82. The Kier molecular flexibility index (Phi) is 2.35. The van der Waals surface area contributed by atoms with E-state index in [9.17, 15) is 4.79 Å². The molecule has 17 heavy (non-hydrogen) atoms. The molecule has 3 nitrogen and oxygen atoms in total. The lowest BCUT2D eigenvalue weighted by molar-refractivity contribution is 0.0696. The van der Waals surface area contributed by atoms with E-state index in [1.54, 1.807) is 12.1 Å².